The molecular formula is C33H43BrN2O2. The van der Waals surface area contributed by atoms with Crippen LogP contribution in [0.3, 0.4) is 0 Å². The summed E-state index contributed by atoms with van der Waals surface area (Å²) in [5.41, 5.74) is 3.01. The summed E-state index contributed by atoms with van der Waals surface area (Å²) in [5.74, 6) is 1.66. The molecule has 0 radical (unpaired) electrons. The molecule has 0 unspecified atom stereocenters. The molecule has 0 bridgehead atoms. The third-order valence-corrected chi connectivity index (χ3v) is 7.42. The highest BCUT2D eigenvalue weighted by molar-refractivity contribution is 9.10. The zero-order valence-corrected chi connectivity index (χ0v) is 24.4. The lowest BCUT2D eigenvalue weighted by molar-refractivity contribution is 0.0953. The maximum Gasteiger partial charge on any atom is 0.251 e. The minimum Gasteiger partial charge on any atom is -0.457 e. The van der Waals surface area contributed by atoms with Crippen LogP contribution in [0.5, 0.6) is 11.5 Å². The predicted octanol–water partition coefficient (Wildman–Crippen LogP) is 9.18. The van der Waals surface area contributed by atoms with Gasteiger partial charge in [-0.1, -0.05) is 117 Å². The van der Waals surface area contributed by atoms with Crippen molar-refractivity contribution in [3.63, 3.8) is 0 Å². The summed E-state index contributed by atoms with van der Waals surface area (Å²) in [4.78, 5) is 12.6. The number of unbranched alkanes of at least 4 members (excludes halogenated alkanes) is 9. The van der Waals surface area contributed by atoms with Crippen molar-refractivity contribution in [1.29, 1.82) is 0 Å². The molecule has 0 aliphatic rings. The zero-order chi connectivity index (χ0) is 26.8. The van der Waals surface area contributed by atoms with E-state index in [0.29, 0.717) is 12.1 Å². The van der Waals surface area contributed by atoms with Gasteiger partial charge in [0.2, 0.25) is 0 Å². The van der Waals surface area contributed by atoms with E-state index >= 15 is 0 Å². The minimum absolute atomic E-state index is 0.000977. The Hall–Kier alpha value is -2.63. The summed E-state index contributed by atoms with van der Waals surface area (Å²) in [5, 5.41) is 6.55. The number of ether oxygens (including phenoxy) is 1. The summed E-state index contributed by atoms with van der Waals surface area (Å²) in [7, 11) is 0. The molecule has 0 saturated carbocycles. The van der Waals surface area contributed by atoms with Gasteiger partial charge in [-0.15, -0.1) is 0 Å². The summed E-state index contributed by atoms with van der Waals surface area (Å²) < 4.78 is 6.81. The molecule has 0 fully saturated rings. The van der Waals surface area contributed by atoms with Gasteiger partial charge in [0.15, 0.2) is 0 Å². The van der Waals surface area contributed by atoms with Gasteiger partial charge in [0, 0.05) is 29.7 Å². The number of rotatable bonds is 18. The van der Waals surface area contributed by atoms with Crippen molar-refractivity contribution in [2.45, 2.75) is 84.2 Å². The van der Waals surface area contributed by atoms with E-state index in [4.69, 9.17) is 4.74 Å². The van der Waals surface area contributed by atoms with Gasteiger partial charge in [0.1, 0.15) is 11.5 Å². The number of carbonyl (C=O) groups excluding carboxylic acids is 1. The highest BCUT2D eigenvalue weighted by Gasteiger charge is 2.08. The number of carbonyl (C=O) groups is 1. The SMILES string of the molecule is CCCCCCCCCCCCNC(=O)c1ccc(CNCc2ccc(Oc3ccccc3)cc2)c(Br)c1. The van der Waals surface area contributed by atoms with Gasteiger partial charge in [0.05, 0.1) is 0 Å². The van der Waals surface area contributed by atoms with Crippen molar-refractivity contribution < 1.29 is 9.53 Å². The molecule has 0 aliphatic heterocycles. The van der Waals surface area contributed by atoms with Crippen LogP contribution in [0.2, 0.25) is 0 Å². The first-order valence-electron chi connectivity index (χ1n) is 14.2. The number of hydrogen-bond donors (Lipinski definition) is 2. The van der Waals surface area contributed by atoms with Gasteiger partial charge >= 0.3 is 0 Å². The minimum atomic E-state index is -0.000977. The van der Waals surface area contributed by atoms with Crippen LogP contribution >= 0.6 is 15.9 Å². The number of halogens is 1. The summed E-state index contributed by atoms with van der Waals surface area (Å²) in [6.07, 6.45) is 13.0. The van der Waals surface area contributed by atoms with Crippen molar-refractivity contribution in [3.8, 4) is 11.5 Å². The fraction of sp³-hybridized carbons (Fsp3) is 0.424. The highest BCUT2D eigenvalue weighted by atomic mass is 79.9. The summed E-state index contributed by atoms with van der Waals surface area (Å²) >= 11 is 3.64. The van der Waals surface area contributed by atoms with Crippen LogP contribution < -0.4 is 15.4 Å². The fourth-order valence-electron chi connectivity index (χ4n) is 4.39. The van der Waals surface area contributed by atoms with Gasteiger partial charge in [-0.2, -0.15) is 0 Å². The number of benzene rings is 3. The second kappa shape index (κ2) is 17.8. The van der Waals surface area contributed by atoms with Crippen LogP contribution in [0.15, 0.2) is 77.3 Å². The first-order chi connectivity index (χ1) is 18.7. The van der Waals surface area contributed by atoms with Crippen molar-refractivity contribution in [1.82, 2.24) is 10.6 Å². The highest BCUT2D eigenvalue weighted by Crippen LogP contribution is 2.22. The second-order valence-electron chi connectivity index (χ2n) is 9.91. The lowest BCUT2D eigenvalue weighted by Gasteiger charge is -2.10. The Morgan fingerprint density at radius 1 is 0.737 bits per heavy atom. The van der Waals surface area contributed by atoms with Crippen molar-refractivity contribution in [3.05, 3.63) is 94.0 Å². The number of amides is 1. The van der Waals surface area contributed by atoms with Gasteiger partial charge < -0.3 is 15.4 Å². The normalized spacial score (nSPS) is 10.9. The molecule has 0 spiro atoms. The Balaban J connectivity index is 1.30. The molecule has 0 heterocycles. The predicted molar refractivity (Wildman–Crippen MR) is 162 cm³/mol. The molecule has 1 amide bonds. The average Bonchev–Trinajstić information content (AvgIpc) is 2.94. The number of hydrogen-bond acceptors (Lipinski definition) is 3. The molecule has 5 heteroatoms. The quantitative estimate of drug-likeness (QED) is 0.148. The molecule has 0 atom stereocenters. The molecule has 3 aromatic carbocycles. The maximum absolute atomic E-state index is 12.6. The number of para-hydroxylation sites is 1. The Morgan fingerprint density at radius 3 is 2.03 bits per heavy atom. The lowest BCUT2D eigenvalue weighted by atomic mass is 10.1. The fourth-order valence-corrected chi connectivity index (χ4v) is 4.91. The van der Waals surface area contributed by atoms with Crippen LogP contribution in [0.25, 0.3) is 0 Å². The van der Waals surface area contributed by atoms with E-state index in [1.54, 1.807) is 0 Å². The van der Waals surface area contributed by atoms with Gasteiger partial charge in [0.25, 0.3) is 5.91 Å². The maximum atomic E-state index is 12.6. The molecule has 0 saturated heterocycles. The van der Waals surface area contributed by atoms with Crippen LogP contribution in [0.1, 0.15) is 92.6 Å². The van der Waals surface area contributed by atoms with Crippen LogP contribution in [-0.4, -0.2) is 12.5 Å². The molecule has 204 valence electrons. The lowest BCUT2D eigenvalue weighted by Crippen LogP contribution is -2.24. The van der Waals surface area contributed by atoms with Crippen LogP contribution in [-0.2, 0) is 13.1 Å². The summed E-state index contributed by atoms with van der Waals surface area (Å²) in [6.45, 7) is 4.46. The van der Waals surface area contributed by atoms with Crippen molar-refractivity contribution in [2.24, 2.45) is 0 Å². The number of nitrogens with one attached hydrogen (secondary N) is 2. The smallest absolute Gasteiger partial charge is 0.251 e. The zero-order valence-electron chi connectivity index (χ0n) is 22.8. The van der Waals surface area contributed by atoms with E-state index in [2.05, 4.69) is 45.6 Å². The average molecular weight is 580 g/mol. The molecule has 0 aromatic heterocycles. The van der Waals surface area contributed by atoms with Crippen molar-refractivity contribution >= 4 is 21.8 Å². The van der Waals surface area contributed by atoms with Crippen molar-refractivity contribution in [2.75, 3.05) is 6.54 Å². The van der Waals surface area contributed by atoms with E-state index in [0.717, 1.165) is 41.0 Å². The third-order valence-electron chi connectivity index (χ3n) is 6.68. The molecule has 3 aromatic rings. The van der Waals surface area contributed by atoms with E-state index in [1.165, 1.54) is 63.4 Å². The van der Waals surface area contributed by atoms with Gasteiger partial charge in [-0.3, -0.25) is 4.79 Å². The molecule has 0 aliphatic carbocycles. The van der Waals surface area contributed by atoms with Gasteiger partial charge in [-0.25, -0.2) is 0 Å². The Labute approximate surface area is 237 Å². The van der Waals surface area contributed by atoms with Crippen LogP contribution in [0.4, 0.5) is 0 Å². The second-order valence-corrected chi connectivity index (χ2v) is 10.8. The monoisotopic (exact) mass is 578 g/mol. The van der Waals surface area contributed by atoms with Crippen LogP contribution in [0, 0.1) is 0 Å². The Bertz CT molecular complexity index is 1070. The van der Waals surface area contributed by atoms with E-state index in [-0.39, 0.29) is 5.91 Å². The standard InChI is InChI=1S/C33H43BrN2O2/c1-2-3-4-5-6-7-8-9-10-14-23-36-33(37)28-19-20-29(32(34)24-28)26-35-25-27-17-21-31(22-18-27)38-30-15-12-11-13-16-30/h11-13,15-22,24,35H,2-10,14,23,25-26H2,1H3,(H,36,37). The van der Waals surface area contributed by atoms with E-state index < -0.39 is 0 Å². The molecule has 38 heavy (non-hydrogen) atoms. The Morgan fingerprint density at radius 2 is 1.37 bits per heavy atom. The first kappa shape index (κ1) is 29.9. The first-order valence-corrected chi connectivity index (χ1v) is 15.0. The summed E-state index contributed by atoms with van der Waals surface area (Å²) in [6, 6.07) is 23.8. The largest absolute Gasteiger partial charge is 0.457 e. The topological polar surface area (TPSA) is 50.4 Å². The van der Waals surface area contributed by atoms with E-state index in [9.17, 15) is 4.79 Å². The third kappa shape index (κ3) is 11.4. The molecule has 4 nitrogen and oxygen atoms in total. The van der Waals surface area contributed by atoms with Gasteiger partial charge in [-0.05, 0) is 53.9 Å². The Kier molecular flexibility index (Phi) is 14.0. The molecule has 3 rings (SSSR count). The van der Waals surface area contributed by atoms with E-state index in [1.807, 2.05) is 60.7 Å². The molecular weight excluding hydrogens is 536 g/mol. The molecule has 2 N–H and O–H groups in total.